The van der Waals surface area contributed by atoms with Gasteiger partial charge in [0.15, 0.2) is 6.61 Å². The van der Waals surface area contributed by atoms with Crippen LogP contribution in [0, 0.1) is 12.7 Å². The molecule has 5 rings (SSSR count). The van der Waals surface area contributed by atoms with Crippen LogP contribution < -0.4 is 25.6 Å². The number of hydrogen-bond acceptors (Lipinski definition) is 10. The van der Waals surface area contributed by atoms with Crippen LogP contribution in [0.4, 0.5) is 46.4 Å². The molecular formula is C28H30BrF4N8O3P. The second-order valence-corrected chi connectivity index (χ2v) is 14.7. The fourth-order valence-electron chi connectivity index (χ4n) is 4.76. The summed E-state index contributed by atoms with van der Waals surface area (Å²) in [5.74, 6) is -0.327. The van der Waals surface area contributed by atoms with Gasteiger partial charge in [-0.2, -0.15) is 33.1 Å². The summed E-state index contributed by atoms with van der Waals surface area (Å²) in [6.07, 6.45) is -1.65. The molecule has 3 heterocycles. The van der Waals surface area contributed by atoms with Crippen molar-refractivity contribution in [3.05, 3.63) is 52.5 Å². The number of rotatable bonds is 9. The molecule has 17 heteroatoms. The van der Waals surface area contributed by atoms with Gasteiger partial charge in [0.05, 0.1) is 40.6 Å². The summed E-state index contributed by atoms with van der Waals surface area (Å²) < 4.78 is 79.4. The Morgan fingerprint density at radius 1 is 1.11 bits per heavy atom. The maximum Gasteiger partial charge on any atom is 0.422 e. The van der Waals surface area contributed by atoms with E-state index in [1.807, 2.05) is 4.90 Å². The third kappa shape index (κ3) is 7.74. The van der Waals surface area contributed by atoms with Crippen molar-refractivity contribution in [2.24, 2.45) is 7.05 Å². The maximum absolute atomic E-state index is 15.8. The van der Waals surface area contributed by atoms with Crippen molar-refractivity contribution in [2.75, 3.05) is 61.8 Å². The number of benzene rings is 2. The zero-order chi connectivity index (χ0) is 32.5. The molecule has 0 bridgehead atoms. The van der Waals surface area contributed by atoms with Gasteiger partial charge in [-0.15, -0.1) is 0 Å². The van der Waals surface area contributed by atoms with E-state index in [9.17, 15) is 17.7 Å². The van der Waals surface area contributed by atoms with E-state index in [1.54, 1.807) is 26.1 Å². The molecule has 1 fully saturated rings. The topological polar surface area (TPSA) is 119 Å². The number of anilines is 5. The summed E-state index contributed by atoms with van der Waals surface area (Å²) in [6.45, 7) is 5.16. The van der Waals surface area contributed by atoms with Gasteiger partial charge in [0.2, 0.25) is 5.95 Å². The maximum atomic E-state index is 15.8. The average molecular weight is 713 g/mol. The highest BCUT2D eigenvalue weighted by Crippen LogP contribution is 2.42. The minimum Gasteiger partial charge on any atom is -0.482 e. The van der Waals surface area contributed by atoms with Gasteiger partial charge in [-0.05, 0) is 59.9 Å². The third-order valence-corrected chi connectivity index (χ3v) is 8.92. The van der Waals surface area contributed by atoms with Crippen molar-refractivity contribution in [3.63, 3.8) is 0 Å². The van der Waals surface area contributed by atoms with Crippen molar-refractivity contribution in [3.8, 4) is 17.0 Å². The first kappa shape index (κ1) is 32.6. The second-order valence-electron chi connectivity index (χ2n) is 10.7. The predicted octanol–water partition coefficient (Wildman–Crippen LogP) is 6.00. The van der Waals surface area contributed by atoms with Crippen LogP contribution in [0.15, 0.2) is 41.1 Å². The lowest BCUT2D eigenvalue weighted by atomic mass is 10.1. The number of ether oxygens (including phenoxy) is 2. The van der Waals surface area contributed by atoms with Gasteiger partial charge in [0.1, 0.15) is 30.2 Å². The van der Waals surface area contributed by atoms with E-state index in [2.05, 4.69) is 46.7 Å². The lowest BCUT2D eigenvalue weighted by Crippen LogP contribution is -2.36. The Balaban J connectivity index is 1.47. The summed E-state index contributed by atoms with van der Waals surface area (Å²) in [6, 6.07) is 6.32. The predicted molar refractivity (Wildman–Crippen MR) is 168 cm³/mol. The number of nitrogens with one attached hydrogen (secondary N) is 2. The smallest absolute Gasteiger partial charge is 0.422 e. The van der Waals surface area contributed by atoms with E-state index in [0.717, 1.165) is 0 Å². The van der Waals surface area contributed by atoms with Crippen molar-refractivity contribution in [2.45, 2.75) is 13.1 Å². The Hall–Kier alpha value is -3.75. The van der Waals surface area contributed by atoms with Crippen molar-refractivity contribution >= 4 is 57.2 Å². The molecule has 2 aromatic carbocycles. The van der Waals surface area contributed by atoms with Crippen LogP contribution in [-0.4, -0.2) is 77.4 Å². The Kier molecular flexibility index (Phi) is 9.38. The fraction of sp³-hybridized carbons (Fsp3) is 0.357. The largest absolute Gasteiger partial charge is 0.482 e. The molecule has 240 valence electrons. The number of aryl methyl sites for hydroxylation is 2. The highest BCUT2D eigenvalue weighted by molar-refractivity contribution is 9.10. The number of alkyl halides is 3. The van der Waals surface area contributed by atoms with Crippen LogP contribution in [0.2, 0.25) is 0 Å². The first-order valence-electron chi connectivity index (χ1n) is 13.7. The first-order valence-corrected chi connectivity index (χ1v) is 17.1. The van der Waals surface area contributed by atoms with Crippen molar-refractivity contribution in [1.29, 1.82) is 0 Å². The lowest BCUT2D eigenvalue weighted by molar-refractivity contribution is -0.153. The van der Waals surface area contributed by atoms with Gasteiger partial charge in [0, 0.05) is 43.7 Å². The molecule has 45 heavy (non-hydrogen) atoms. The van der Waals surface area contributed by atoms with Crippen LogP contribution in [0.5, 0.6) is 5.75 Å². The van der Waals surface area contributed by atoms with Crippen molar-refractivity contribution < 1.29 is 31.6 Å². The van der Waals surface area contributed by atoms with Crippen LogP contribution in [0.3, 0.4) is 0 Å². The van der Waals surface area contributed by atoms with Gasteiger partial charge in [0.25, 0.3) is 0 Å². The number of aromatic nitrogens is 5. The van der Waals surface area contributed by atoms with Crippen LogP contribution >= 0.6 is 23.1 Å². The Labute approximate surface area is 264 Å². The van der Waals surface area contributed by atoms with E-state index < -0.39 is 25.7 Å². The van der Waals surface area contributed by atoms with Gasteiger partial charge < -0.3 is 29.6 Å². The van der Waals surface area contributed by atoms with E-state index >= 15 is 4.39 Å². The monoisotopic (exact) mass is 712 g/mol. The summed E-state index contributed by atoms with van der Waals surface area (Å²) >= 11 is 3.40. The molecule has 1 aliphatic rings. The molecule has 0 unspecified atom stereocenters. The standard InChI is InChI=1S/C28H30BrF4N8O3P/c1-16-11-22(41-7-9-43-10-8-41)23(44-15-28(31,32)33)12-20(16)37-27-34-13-18(29)26(38-27)36-19-6-5-17(21-14-35-40(2)39-21)24(30)25(19)45(3,4)42/h5-6,11-14H,7-10,15H2,1-4H3,(H2,34,36,37,38). The zero-order valence-electron chi connectivity index (χ0n) is 24.7. The zero-order valence-corrected chi connectivity index (χ0v) is 27.2. The molecule has 2 aromatic heterocycles. The lowest BCUT2D eigenvalue weighted by Gasteiger charge is -2.31. The molecule has 11 nitrogen and oxygen atoms in total. The molecule has 1 saturated heterocycles. The number of morpholine rings is 1. The van der Waals surface area contributed by atoms with Crippen LogP contribution in [0.25, 0.3) is 11.3 Å². The molecule has 4 aromatic rings. The Morgan fingerprint density at radius 3 is 2.49 bits per heavy atom. The summed E-state index contributed by atoms with van der Waals surface area (Å²) in [7, 11) is -1.56. The molecule has 0 aliphatic carbocycles. The molecule has 0 amide bonds. The normalized spacial score (nSPS) is 14.0. The van der Waals surface area contributed by atoms with Crippen molar-refractivity contribution in [1.82, 2.24) is 25.0 Å². The second kappa shape index (κ2) is 12.9. The molecule has 0 radical (unpaired) electrons. The van der Waals surface area contributed by atoms with E-state index in [1.165, 1.54) is 42.7 Å². The summed E-state index contributed by atoms with van der Waals surface area (Å²) in [5, 5.41) is 14.2. The average Bonchev–Trinajstić information content (AvgIpc) is 3.40. The van der Waals surface area contributed by atoms with E-state index in [4.69, 9.17) is 9.47 Å². The third-order valence-electron chi connectivity index (χ3n) is 6.82. The number of halogens is 5. The molecular weight excluding hydrogens is 683 g/mol. The highest BCUT2D eigenvalue weighted by atomic mass is 79.9. The highest BCUT2D eigenvalue weighted by Gasteiger charge is 2.30. The summed E-state index contributed by atoms with van der Waals surface area (Å²) in [5.41, 5.74) is 2.32. The minimum absolute atomic E-state index is 0.0216. The van der Waals surface area contributed by atoms with Gasteiger partial charge in [-0.3, -0.25) is 0 Å². The van der Waals surface area contributed by atoms with Gasteiger partial charge in [-0.25, -0.2) is 9.37 Å². The van der Waals surface area contributed by atoms with E-state index in [0.29, 0.717) is 53.4 Å². The van der Waals surface area contributed by atoms with Crippen LogP contribution in [-0.2, 0) is 16.3 Å². The van der Waals surface area contributed by atoms with Gasteiger partial charge in [-0.1, -0.05) is 0 Å². The molecule has 0 atom stereocenters. The first-order chi connectivity index (χ1) is 21.2. The number of hydrogen-bond donors (Lipinski definition) is 2. The van der Waals surface area contributed by atoms with Crippen LogP contribution in [0.1, 0.15) is 5.56 Å². The Morgan fingerprint density at radius 2 is 1.84 bits per heavy atom. The Bertz CT molecular complexity index is 1760. The SMILES string of the molecule is Cc1cc(N2CCOCC2)c(OCC(F)(F)F)cc1Nc1ncc(Br)c(Nc2ccc(-c3cnn(C)n3)c(F)c2P(C)(C)=O)n1. The quantitative estimate of drug-likeness (QED) is 0.158. The van der Waals surface area contributed by atoms with Gasteiger partial charge >= 0.3 is 6.18 Å². The minimum atomic E-state index is -4.53. The summed E-state index contributed by atoms with van der Waals surface area (Å²) in [4.78, 5) is 12.0. The molecule has 0 spiro atoms. The fourth-order valence-corrected chi connectivity index (χ4v) is 6.35. The van der Waals surface area contributed by atoms with E-state index in [-0.39, 0.29) is 34.1 Å². The molecule has 0 saturated carbocycles. The molecule has 1 aliphatic heterocycles. The molecule has 2 N–H and O–H groups in total. The number of nitrogens with zero attached hydrogens (tertiary/aromatic N) is 6.